The highest BCUT2D eigenvalue weighted by Crippen LogP contribution is 2.69. The topological polar surface area (TPSA) is 118 Å². The molecule has 3 saturated carbocycles. The van der Waals surface area contributed by atoms with Gasteiger partial charge in [0.2, 0.25) is 0 Å². The van der Waals surface area contributed by atoms with E-state index in [-0.39, 0.29) is 71.7 Å². The van der Waals surface area contributed by atoms with Crippen molar-refractivity contribution in [1.82, 2.24) is 0 Å². The Bertz CT molecular complexity index is 1320. The highest BCUT2D eigenvalue weighted by molar-refractivity contribution is 6.74. The molecule has 1 aliphatic heterocycles. The number of rotatable bonds is 9. The summed E-state index contributed by atoms with van der Waals surface area (Å²) < 4.78 is 31.5. The predicted octanol–water partition coefficient (Wildman–Crippen LogP) is 7.15. The lowest BCUT2D eigenvalue weighted by Crippen LogP contribution is -2.58. The third-order valence-electron chi connectivity index (χ3n) is 14.1. The van der Waals surface area contributed by atoms with E-state index < -0.39 is 31.4 Å². The summed E-state index contributed by atoms with van der Waals surface area (Å²) in [6.07, 6.45) is 7.19. The van der Waals surface area contributed by atoms with Gasteiger partial charge in [-0.05, 0) is 92.7 Å². The molecule has 49 heavy (non-hydrogen) atoms. The van der Waals surface area contributed by atoms with E-state index >= 15 is 0 Å². The summed E-state index contributed by atoms with van der Waals surface area (Å²) in [5, 5.41) is 11.4. The van der Waals surface area contributed by atoms with Crippen LogP contribution in [0.3, 0.4) is 0 Å². The first-order valence-corrected chi connectivity index (χ1v) is 21.7. The van der Waals surface area contributed by atoms with E-state index in [1.165, 1.54) is 26.3 Å². The number of fused-ring (bicyclic) bond motifs is 7. The number of hydrogen-bond donors (Lipinski definition) is 1. The zero-order valence-corrected chi connectivity index (χ0v) is 33.2. The van der Waals surface area contributed by atoms with Crippen LogP contribution < -0.4 is 0 Å². The van der Waals surface area contributed by atoms with Crippen LogP contribution in [0.5, 0.6) is 0 Å². The standard InChI is InChI=1S/C39H64O9Si/c1-22-34-31(47-35(22)32(48-49(11,12)36(5,6)7)20-37(8,43)21-44-23(2)40)18-30-28-14-13-26-17-27(45-24(3)41)15-16-38(26,9)29(28)19-33(39(30,34)10)46-25(4)42/h18,22,26-29,31-35,43H,13-17,19-21H2,1-12H3/t22-,26-,27-,28+,29-,31-,32+,33+,34-,35?,37-,38-,39+/m0/s1. The number of aliphatic hydroxyl groups is 1. The molecule has 0 bridgehead atoms. The van der Waals surface area contributed by atoms with Crippen molar-refractivity contribution in [3.63, 3.8) is 0 Å². The van der Waals surface area contributed by atoms with Crippen LogP contribution in [-0.2, 0) is 37.8 Å². The molecule has 0 radical (unpaired) electrons. The Balaban J connectivity index is 1.47. The Kier molecular flexibility index (Phi) is 10.5. The molecule has 0 aromatic heterocycles. The molecule has 9 nitrogen and oxygen atoms in total. The van der Waals surface area contributed by atoms with Crippen molar-refractivity contribution in [3.05, 3.63) is 11.6 Å². The minimum absolute atomic E-state index is 0.0160. The summed E-state index contributed by atoms with van der Waals surface area (Å²) >= 11 is 0. The maximum Gasteiger partial charge on any atom is 0.302 e. The Labute approximate surface area is 295 Å². The van der Waals surface area contributed by atoms with Crippen molar-refractivity contribution in [1.29, 1.82) is 0 Å². The first-order chi connectivity index (χ1) is 22.5. The quantitative estimate of drug-likeness (QED) is 0.116. The van der Waals surface area contributed by atoms with Gasteiger partial charge >= 0.3 is 17.9 Å². The summed E-state index contributed by atoms with van der Waals surface area (Å²) in [7, 11) is -2.31. The Morgan fingerprint density at radius 1 is 1.00 bits per heavy atom. The Hall–Kier alpha value is -1.75. The first kappa shape index (κ1) is 38.5. The minimum atomic E-state index is -2.31. The predicted molar refractivity (Wildman–Crippen MR) is 189 cm³/mol. The molecule has 1 N–H and O–H groups in total. The van der Waals surface area contributed by atoms with Crippen molar-refractivity contribution in [2.75, 3.05) is 6.61 Å². The molecule has 0 aromatic rings. The molecule has 10 heteroatoms. The van der Waals surface area contributed by atoms with Crippen molar-refractivity contribution >= 4 is 26.2 Å². The van der Waals surface area contributed by atoms with Crippen molar-refractivity contribution in [2.24, 2.45) is 40.4 Å². The second-order valence-electron chi connectivity index (χ2n) is 18.6. The average Bonchev–Trinajstić information content (AvgIpc) is 3.45. The van der Waals surface area contributed by atoms with Crippen molar-refractivity contribution < 1.29 is 42.9 Å². The van der Waals surface area contributed by atoms with Gasteiger partial charge in [-0.3, -0.25) is 14.4 Å². The number of hydrogen-bond acceptors (Lipinski definition) is 9. The van der Waals surface area contributed by atoms with E-state index in [0.29, 0.717) is 17.8 Å². The monoisotopic (exact) mass is 704 g/mol. The first-order valence-electron chi connectivity index (χ1n) is 18.8. The molecule has 278 valence electrons. The molecule has 0 amide bonds. The second kappa shape index (κ2) is 13.3. The highest BCUT2D eigenvalue weighted by atomic mass is 28.4. The van der Waals surface area contributed by atoms with E-state index in [2.05, 4.69) is 60.7 Å². The highest BCUT2D eigenvalue weighted by Gasteiger charge is 2.67. The van der Waals surface area contributed by atoms with Gasteiger partial charge in [0, 0.05) is 38.5 Å². The molecule has 1 heterocycles. The Morgan fingerprint density at radius 3 is 2.24 bits per heavy atom. The number of ether oxygens (including phenoxy) is 4. The lowest BCUT2D eigenvalue weighted by atomic mass is 9.45. The van der Waals surface area contributed by atoms with Crippen LogP contribution in [0.25, 0.3) is 0 Å². The SMILES string of the molecule is CC(=O)OC[C@@](C)(O)C[C@@H](O[Si](C)(C)C(C)(C)C)C1O[C@H]2C=C3[C@@H]4CC[C@H]5C[C@@H](OC(C)=O)CC[C@]5(C)[C@H]4C[C@@H](OC(C)=O)[C@]3(C)[C@H]2[C@@H]1C. The third kappa shape index (κ3) is 7.19. The zero-order valence-electron chi connectivity index (χ0n) is 32.2. The van der Waals surface area contributed by atoms with Gasteiger partial charge in [0.05, 0.1) is 23.9 Å². The summed E-state index contributed by atoms with van der Waals surface area (Å²) in [6.45, 7) is 24.0. The lowest BCUT2D eigenvalue weighted by Gasteiger charge is -2.61. The largest absolute Gasteiger partial charge is 0.463 e. The van der Waals surface area contributed by atoms with Gasteiger partial charge in [-0.1, -0.05) is 53.2 Å². The van der Waals surface area contributed by atoms with Crippen LogP contribution in [0.4, 0.5) is 0 Å². The average molecular weight is 705 g/mol. The fourth-order valence-corrected chi connectivity index (χ4v) is 12.0. The molecule has 13 atom stereocenters. The molecular formula is C39H64O9Si. The van der Waals surface area contributed by atoms with E-state index in [9.17, 15) is 19.5 Å². The van der Waals surface area contributed by atoms with Crippen molar-refractivity contribution in [3.8, 4) is 0 Å². The Morgan fingerprint density at radius 2 is 1.65 bits per heavy atom. The maximum atomic E-state index is 12.8. The van der Waals surface area contributed by atoms with Gasteiger partial charge in [-0.2, -0.15) is 0 Å². The van der Waals surface area contributed by atoms with Gasteiger partial charge in [0.1, 0.15) is 18.8 Å². The molecule has 5 rings (SSSR count). The number of carbonyl (C=O) groups is 3. The van der Waals surface area contributed by atoms with Crippen LogP contribution in [-0.4, -0.2) is 74.1 Å². The molecule has 4 fully saturated rings. The van der Waals surface area contributed by atoms with Crippen LogP contribution in [0, 0.1) is 40.4 Å². The molecule has 0 spiro atoms. The molecule has 5 aliphatic rings. The van der Waals surface area contributed by atoms with Crippen LogP contribution in [0.15, 0.2) is 11.6 Å². The fraction of sp³-hybridized carbons (Fsp3) is 0.872. The van der Waals surface area contributed by atoms with E-state index in [1.807, 2.05) is 0 Å². The van der Waals surface area contributed by atoms with Crippen LogP contribution in [0.2, 0.25) is 18.1 Å². The van der Waals surface area contributed by atoms with Gasteiger partial charge in [0.25, 0.3) is 0 Å². The molecule has 1 unspecified atom stereocenters. The third-order valence-corrected chi connectivity index (χ3v) is 18.6. The van der Waals surface area contributed by atoms with Crippen LogP contribution in [0.1, 0.15) is 114 Å². The minimum Gasteiger partial charge on any atom is -0.463 e. The van der Waals surface area contributed by atoms with Crippen molar-refractivity contribution in [2.45, 2.75) is 168 Å². The summed E-state index contributed by atoms with van der Waals surface area (Å²) in [4.78, 5) is 36.2. The summed E-state index contributed by atoms with van der Waals surface area (Å²) in [5.41, 5.74) is -0.236. The van der Waals surface area contributed by atoms with E-state index in [4.69, 9.17) is 23.4 Å². The summed E-state index contributed by atoms with van der Waals surface area (Å²) in [6, 6.07) is 0. The zero-order chi connectivity index (χ0) is 36.5. The molecule has 1 saturated heterocycles. The molecule has 4 aliphatic carbocycles. The normalized spacial score (nSPS) is 40.4. The fourth-order valence-electron chi connectivity index (χ4n) is 10.7. The summed E-state index contributed by atoms with van der Waals surface area (Å²) in [5.74, 6) is 0.438. The number of esters is 3. The second-order valence-corrected chi connectivity index (χ2v) is 23.3. The van der Waals surface area contributed by atoms with E-state index in [0.717, 1.165) is 38.5 Å². The van der Waals surface area contributed by atoms with Gasteiger partial charge in [0.15, 0.2) is 8.32 Å². The smallest absolute Gasteiger partial charge is 0.302 e. The maximum absolute atomic E-state index is 12.8. The van der Waals surface area contributed by atoms with E-state index in [1.54, 1.807) is 6.92 Å². The van der Waals surface area contributed by atoms with Crippen LogP contribution >= 0.6 is 0 Å². The lowest BCUT2D eigenvalue weighted by molar-refractivity contribution is -0.171. The van der Waals surface area contributed by atoms with Gasteiger partial charge in [-0.25, -0.2) is 0 Å². The van der Waals surface area contributed by atoms with Gasteiger partial charge in [-0.15, -0.1) is 0 Å². The van der Waals surface area contributed by atoms with Gasteiger partial charge < -0.3 is 28.5 Å². The molecular weight excluding hydrogens is 641 g/mol. The molecule has 0 aromatic carbocycles. The number of carbonyl (C=O) groups excluding carboxylic acids is 3.